The molecule has 0 unspecified atom stereocenters. The van der Waals surface area contributed by atoms with Gasteiger partial charge in [0.15, 0.2) is 14.7 Å². The fourth-order valence-corrected chi connectivity index (χ4v) is 28.0. The van der Waals surface area contributed by atoms with E-state index in [1.807, 2.05) is 35.2 Å². The zero-order chi connectivity index (χ0) is 35.4. The van der Waals surface area contributed by atoms with Gasteiger partial charge in [0.1, 0.15) is 0 Å². The molecular weight excluding hydrogens is 667 g/mol. The van der Waals surface area contributed by atoms with Crippen LogP contribution in [0.2, 0.25) is 0 Å². The van der Waals surface area contributed by atoms with Crippen molar-refractivity contribution in [2.45, 2.75) is 0 Å². The molecule has 21 heteroatoms. The summed E-state index contributed by atoms with van der Waals surface area (Å²) in [5.41, 5.74) is 0. The highest BCUT2D eigenvalue weighted by Crippen LogP contribution is 2.85. The van der Waals surface area contributed by atoms with Gasteiger partial charge in [-0.3, -0.25) is 18.7 Å². The van der Waals surface area contributed by atoms with E-state index < -0.39 is 37.1 Å². The van der Waals surface area contributed by atoms with E-state index in [2.05, 4.69) is 158 Å². The van der Waals surface area contributed by atoms with Crippen LogP contribution in [0.25, 0.3) is 0 Å². The molecule has 0 aromatic rings. The van der Waals surface area contributed by atoms with Crippen LogP contribution in [-0.2, 0) is 0 Å². The molecule has 0 atom stereocenters. The molecule has 0 aliphatic carbocycles. The molecule has 0 saturated heterocycles. The quantitative estimate of drug-likeness (QED) is 0.110. The predicted molar refractivity (Wildman–Crippen MR) is 210 cm³/mol. The number of nitrogens with one attached hydrogen (secondary N) is 5. The minimum atomic E-state index is -3.30. The molecule has 0 aliphatic rings. The van der Waals surface area contributed by atoms with E-state index in [0.717, 1.165) is 18.9 Å². The molecule has 0 aliphatic heterocycles. The molecule has 5 N–H and O–H groups in total. The maximum atomic E-state index is 6.08. The number of hydrogen-bond acceptors (Lipinski definition) is 9. The van der Waals surface area contributed by atoms with E-state index in [0.29, 0.717) is 12.6 Å². The van der Waals surface area contributed by atoms with Crippen LogP contribution in [-0.4, -0.2) is 198 Å². The van der Waals surface area contributed by atoms with Crippen molar-refractivity contribution in [3.63, 3.8) is 0 Å². The maximum Gasteiger partial charge on any atom is 0.496 e. The third-order valence-electron chi connectivity index (χ3n) is 7.35. The number of nitrogens with zero attached hydrogens (tertiary/aromatic N) is 11. The van der Waals surface area contributed by atoms with Gasteiger partial charge in [0.25, 0.3) is 0 Å². The minimum absolute atomic E-state index is 0.670. The van der Waals surface area contributed by atoms with Crippen LogP contribution in [0.15, 0.2) is 18.1 Å². The Morgan fingerprint density at radius 1 is 0.378 bits per heavy atom. The monoisotopic (exact) mass is 739 g/mol. The highest BCUT2D eigenvalue weighted by Gasteiger charge is 2.54. The van der Waals surface area contributed by atoms with Crippen molar-refractivity contribution in [3.8, 4) is 0 Å². The van der Waals surface area contributed by atoms with Crippen molar-refractivity contribution >= 4 is 37.1 Å². The van der Waals surface area contributed by atoms with Gasteiger partial charge in [-0.1, -0.05) is 4.52 Å². The lowest BCUT2D eigenvalue weighted by atomic mass is 11.2. The Hall–Kier alpha value is 0.870. The summed E-state index contributed by atoms with van der Waals surface area (Å²) in [6.45, 7) is 0. The van der Waals surface area contributed by atoms with Crippen LogP contribution in [0, 0.1) is 0 Å². The first kappa shape index (κ1) is 45.9. The number of hydrogen-bond donors (Lipinski definition) is 5. The summed E-state index contributed by atoms with van der Waals surface area (Å²) < 4.78 is 40.2. The topological polar surface area (TPSA) is 132 Å². The molecule has 272 valence electrons. The SMILES string of the molecule is CNCP(CNC)(CNC)=N[P+](N=P(CNC)(N(C)C)N(C)C)(N=P(CNC)(N(C)C)N(C)C)N=P(N(C)C)(N(C)C)N(C)C. The van der Waals surface area contributed by atoms with Crippen molar-refractivity contribution < 1.29 is 0 Å². The smallest absolute Gasteiger partial charge is 0.314 e. The molecule has 0 aromatic carbocycles. The molecule has 0 spiro atoms. The average molecular weight is 740 g/mol. The van der Waals surface area contributed by atoms with E-state index in [1.54, 1.807) is 0 Å². The van der Waals surface area contributed by atoms with Crippen molar-refractivity contribution in [3.05, 3.63) is 0 Å². The first-order valence-electron chi connectivity index (χ1n) is 15.1. The Balaban J connectivity index is 9.82. The van der Waals surface area contributed by atoms with Crippen molar-refractivity contribution in [2.75, 3.05) is 165 Å². The Bertz CT molecular complexity index is 985. The molecule has 45 heavy (non-hydrogen) atoms. The van der Waals surface area contributed by atoms with E-state index in [1.165, 1.54) is 0 Å². The average Bonchev–Trinajstić information content (AvgIpc) is 2.90. The van der Waals surface area contributed by atoms with Gasteiger partial charge >= 0.3 is 7.87 Å². The molecule has 0 fully saturated rings. The largest absolute Gasteiger partial charge is 0.496 e. The summed E-state index contributed by atoms with van der Waals surface area (Å²) in [5.74, 6) is 0. The lowest BCUT2D eigenvalue weighted by molar-refractivity contribution is 0.475. The molecule has 0 radical (unpaired) electrons. The highest BCUT2D eigenvalue weighted by molar-refractivity contribution is 7.89. The predicted octanol–water partition coefficient (Wildman–Crippen LogP) is 3.69. The summed E-state index contributed by atoms with van der Waals surface area (Å²) in [7, 11) is 26.9. The normalized spacial score (nSPS) is 14.2. The summed E-state index contributed by atoms with van der Waals surface area (Å²) >= 11 is 0. The maximum absolute atomic E-state index is 6.08. The minimum Gasteiger partial charge on any atom is -0.314 e. The van der Waals surface area contributed by atoms with Gasteiger partial charge in [-0.2, -0.15) is 0 Å². The van der Waals surface area contributed by atoms with E-state index in [9.17, 15) is 0 Å². The first-order valence-corrected chi connectivity index (χ1v) is 24.3. The second-order valence-electron chi connectivity index (χ2n) is 12.4. The molecular formula is C24H72N16P5+. The van der Waals surface area contributed by atoms with Gasteiger partial charge in [-0.25, -0.2) is 14.0 Å². The second kappa shape index (κ2) is 19.9. The number of rotatable bonds is 21. The lowest BCUT2D eigenvalue weighted by Crippen LogP contribution is -2.31. The van der Waals surface area contributed by atoms with E-state index in [4.69, 9.17) is 18.1 Å². The molecule has 16 nitrogen and oxygen atoms in total. The third-order valence-corrected chi connectivity index (χ3v) is 28.5. The van der Waals surface area contributed by atoms with Crippen LogP contribution in [0.3, 0.4) is 0 Å². The molecule has 0 saturated carbocycles. The fraction of sp³-hybridized carbons (Fsp3) is 1.00. The van der Waals surface area contributed by atoms with Crippen LogP contribution in [0.5, 0.6) is 0 Å². The van der Waals surface area contributed by atoms with E-state index >= 15 is 0 Å². The molecule has 0 bridgehead atoms. The molecule has 0 amide bonds. The molecule has 0 rings (SSSR count). The summed E-state index contributed by atoms with van der Waals surface area (Å²) in [6, 6.07) is 0. The fourth-order valence-electron chi connectivity index (χ4n) is 5.45. The van der Waals surface area contributed by atoms with Gasteiger partial charge in [-0.15, -0.1) is 0 Å². The first-order chi connectivity index (χ1) is 20.7. The molecule has 0 aromatic heterocycles. The van der Waals surface area contributed by atoms with Gasteiger partial charge in [0.2, 0.25) is 7.51 Å². The van der Waals surface area contributed by atoms with Crippen molar-refractivity contribution in [1.29, 1.82) is 0 Å². The summed E-state index contributed by atoms with van der Waals surface area (Å²) in [4.78, 5) is 0. The van der Waals surface area contributed by atoms with Gasteiger partial charge in [0.05, 0.1) is 19.6 Å². The van der Waals surface area contributed by atoms with E-state index in [-0.39, 0.29) is 0 Å². The van der Waals surface area contributed by atoms with Gasteiger partial charge in [-0.05, 0) is 147 Å². The summed E-state index contributed by atoms with van der Waals surface area (Å²) in [6.07, 6.45) is 3.54. The second-order valence-corrected chi connectivity index (χ2v) is 29.6. The van der Waals surface area contributed by atoms with Crippen molar-refractivity contribution in [2.24, 2.45) is 18.1 Å². The molecule has 0 heterocycles. The van der Waals surface area contributed by atoms with Crippen LogP contribution >= 0.6 is 37.1 Å². The third kappa shape index (κ3) is 10.9. The Kier molecular flexibility index (Phi) is 20.3. The summed E-state index contributed by atoms with van der Waals surface area (Å²) in [5, 5.41) is 17.5. The van der Waals surface area contributed by atoms with Crippen LogP contribution in [0.4, 0.5) is 0 Å². The van der Waals surface area contributed by atoms with Crippen LogP contribution < -0.4 is 26.6 Å². The zero-order valence-electron chi connectivity index (χ0n) is 32.2. The Morgan fingerprint density at radius 2 is 0.644 bits per heavy atom. The van der Waals surface area contributed by atoms with Gasteiger partial charge < -0.3 is 26.6 Å². The Labute approximate surface area is 279 Å². The standard InChI is InChI=1S/C24H72N16P5/c1-25-20-41(21-26-2,22-27-3)30-44(31-42(23-28-4,34(6)7)35(8)9,32-43(24-29-5,36(10)11)37(12)13)33-45(38(14)15,39(16)17)40(18)19/h25-29H,20-24H2,1-19H3/q+1. The Morgan fingerprint density at radius 3 is 0.844 bits per heavy atom. The highest BCUT2D eigenvalue weighted by atomic mass is 31.3. The van der Waals surface area contributed by atoms with Crippen molar-refractivity contribution in [1.82, 2.24) is 59.3 Å². The van der Waals surface area contributed by atoms with Gasteiger partial charge in [0, 0.05) is 18.9 Å². The zero-order valence-corrected chi connectivity index (χ0v) is 36.7. The lowest BCUT2D eigenvalue weighted by Gasteiger charge is -2.41. The van der Waals surface area contributed by atoms with Crippen LogP contribution in [0.1, 0.15) is 0 Å².